The zero-order chi connectivity index (χ0) is 14.4. The molecule has 1 N–H and O–H groups in total. The van der Waals surface area contributed by atoms with Gasteiger partial charge in [-0.05, 0) is 49.9 Å². The lowest BCUT2D eigenvalue weighted by Gasteiger charge is -2.30. The smallest absolute Gasteiger partial charge is 0.335 e. The number of piperidine rings is 1. The van der Waals surface area contributed by atoms with Crippen LogP contribution in [0.25, 0.3) is 0 Å². The van der Waals surface area contributed by atoms with Crippen molar-refractivity contribution >= 4 is 23.5 Å². The van der Waals surface area contributed by atoms with Crippen LogP contribution in [0.15, 0.2) is 18.2 Å². The van der Waals surface area contributed by atoms with Crippen LogP contribution in [0.4, 0.5) is 5.69 Å². The molecule has 1 saturated heterocycles. The normalized spacial score (nSPS) is 25.1. The molecule has 1 saturated carbocycles. The van der Waals surface area contributed by atoms with E-state index in [1.807, 2.05) is 0 Å². The number of fused-ring (bicyclic) bond motifs is 2. The molecule has 5 nitrogen and oxygen atoms in total. The van der Waals surface area contributed by atoms with Gasteiger partial charge in [-0.3, -0.25) is 14.5 Å². The summed E-state index contributed by atoms with van der Waals surface area (Å²) in [5.74, 6) is -1.42. The highest BCUT2D eigenvalue weighted by molar-refractivity contribution is 6.18. The number of carbonyl (C=O) groups is 3. The molecule has 20 heavy (non-hydrogen) atoms. The van der Waals surface area contributed by atoms with E-state index in [0.717, 1.165) is 12.8 Å². The maximum Gasteiger partial charge on any atom is 0.335 e. The molecular weight excluding hydrogens is 258 g/mol. The molecule has 3 rings (SSSR count). The second-order valence-corrected chi connectivity index (χ2v) is 5.52. The van der Waals surface area contributed by atoms with Gasteiger partial charge in [0.15, 0.2) is 0 Å². The first-order valence-electron chi connectivity index (χ1n) is 6.71. The van der Waals surface area contributed by atoms with Crippen molar-refractivity contribution in [3.05, 3.63) is 29.3 Å². The Hall–Kier alpha value is -2.17. The summed E-state index contributed by atoms with van der Waals surface area (Å²) >= 11 is 0. The number of carbonyl (C=O) groups excluding carboxylic acids is 2. The van der Waals surface area contributed by atoms with Crippen LogP contribution in [0.5, 0.6) is 0 Å². The quantitative estimate of drug-likeness (QED) is 0.836. The van der Waals surface area contributed by atoms with Gasteiger partial charge in [0.2, 0.25) is 11.8 Å². The monoisotopic (exact) mass is 273 g/mol. The first-order chi connectivity index (χ1) is 9.49. The summed E-state index contributed by atoms with van der Waals surface area (Å²) < 4.78 is 0. The number of rotatable bonds is 2. The fraction of sp³-hybridized carbons (Fsp3) is 0.400. The van der Waals surface area contributed by atoms with E-state index in [0.29, 0.717) is 17.7 Å². The van der Waals surface area contributed by atoms with E-state index in [1.54, 1.807) is 13.0 Å². The highest BCUT2D eigenvalue weighted by atomic mass is 16.4. The molecule has 1 heterocycles. The van der Waals surface area contributed by atoms with Gasteiger partial charge in [-0.1, -0.05) is 0 Å². The molecule has 2 bridgehead atoms. The highest BCUT2D eigenvalue weighted by Gasteiger charge is 2.45. The summed E-state index contributed by atoms with van der Waals surface area (Å²) in [6, 6.07) is 4.59. The third-order valence-corrected chi connectivity index (χ3v) is 4.27. The van der Waals surface area contributed by atoms with Crippen molar-refractivity contribution in [3.63, 3.8) is 0 Å². The Morgan fingerprint density at radius 1 is 1.20 bits per heavy atom. The third-order valence-electron chi connectivity index (χ3n) is 4.27. The lowest BCUT2D eigenvalue weighted by Crippen LogP contribution is -2.46. The van der Waals surface area contributed by atoms with E-state index in [-0.39, 0.29) is 29.2 Å². The Balaban J connectivity index is 2.00. The molecule has 0 radical (unpaired) electrons. The molecule has 2 unspecified atom stereocenters. The number of carboxylic acids is 1. The SMILES string of the molecule is Cc1cc(N2C(=O)C3CCC(C3)C2=O)ccc1C(=O)O. The zero-order valence-electron chi connectivity index (χ0n) is 11.1. The van der Waals surface area contributed by atoms with Gasteiger partial charge >= 0.3 is 5.97 Å². The molecule has 104 valence electrons. The number of imide groups is 1. The standard InChI is InChI=1S/C15H15NO4/c1-8-6-11(4-5-12(8)15(19)20)16-13(17)9-2-3-10(7-9)14(16)18/h4-6,9-10H,2-3,7H2,1H3,(H,19,20). The number of hydrogen-bond donors (Lipinski definition) is 1. The van der Waals surface area contributed by atoms with Crippen LogP contribution in [0, 0.1) is 18.8 Å². The molecule has 1 aliphatic heterocycles. The predicted molar refractivity (Wildman–Crippen MR) is 71.5 cm³/mol. The van der Waals surface area contributed by atoms with Gasteiger partial charge in [-0.2, -0.15) is 0 Å². The van der Waals surface area contributed by atoms with Crippen molar-refractivity contribution in [2.45, 2.75) is 26.2 Å². The maximum absolute atomic E-state index is 12.3. The number of carboxylic acid groups (broad SMARTS) is 1. The molecule has 2 aliphatic rings. The van der Waals surface area contributed by atoms with Crippen LogP contribution in [0.1, 0.15) is 35.2 Å². The number of nitrogens with zero attached hydrogens (tertiary/aromatic N) is 1. The average Bonchev–Trinajstić information content (AvgIpc) is 2.83. The molecule has 1 aromatic rings. The van der Waals surface area contributed by atoms with Crippen molar-refractivity contribution in [2.75, 3.05) is 4.90 Å². The van der Waals surface area contributed by atoms with E-state index < -0.39 is 5.97 Å². The Bertz CT molecular complexity index is 600. The summed E-state index contributed by atoms with van der Waals surface area (Å²) in [5, 5.41) is 9.02. The van der Waals surface area contributed by atoms with Crippen molar-refractivity contribution in [1.82, 2.24) is 0 Å². The fourth-order valence-corrected chi connectivity index (χ4v) is 3.19. The van der Waals surface area contributed by atoms with Gasteiger partial charge in [0.05, 0.1) is 11.3 Å². The van der Waals surface area contributed by atoms with E-state index in [2.05, 4.69) is 0 Å². The molecule has 1 aromatic carbocycles. The Kier molecular flexibility index (Phi) is 2.85. The van der Waals surface area contributed by atoms with E-state index in [9.17, 15) is 14.4 Å². The number of benzene rings is 1. The lowest BCUT2D eigenvalue weighted by atomic mass is 9.96. The molecule has 0 aromatic heterocycles. The summed E-state index contributed by atoms with van der Waals surface area (Å²) in [7, 11) is 0. The van der Waals surface area contributed by atoms with Crippen LogP contribution >= 0.6 is 0 Å². The minimum Gasteiger partial charge on any atom is -0.478 e. The second kappa shape index (κ2) is 4.44. The highest BCUT2D eigenvalue weighted by Crippen LogP contribution is 2.40. The second-order valence-electron chi connectivity index (χ2n) is 5.52. The van der Waals surface area contributed by atoms with E-state index >= 15 is 0 Å². The summed E-state index contributed by atoms with van der Waals surface area (Å²) in [5.41, 5.74) is 1.22. The first-order valence-corrected chi connectivity index (χ1v) is 6.71. The molecule has 0 spiro atoms. The number of hydrogen-bond acceptors (Lipinski definition) is 3. The molecule has 2 atom stereocenters. The predicted octanol–water partition coefficient (Wildman–Crippen LogP) is 1.98. The summed E-state index contributed by atoms with van der Waals surface area (Å²) in [4.78, 5) is 36.9. The Labute approximate surface area is 116 Å². The fourth-order valence-electron chi connectivity index (χ4n) is 3.19. The van der Waals surface area contributed by atoms with Gasteiger partial charge in [-0.25, -0.2) is 4.79 Å². The van der Waals surface area contributed by atoms with Crippen LogP contribution in [-0.2, 0) is 9.59 Å². The Morgan fingerprint density at radius 2 is 1.80 bits per heavy atom. The average molecular weight is 273 g/mol. The molecule has 1 aliphatic carbocycles. The number of amides is 2. The third kappa shape index (κ3) is 1.81. The van der Waals surface area contributed by atoms with Gasteiger partial charge in [0, 0.05) is 11.8 Å². The number of anilines is 1. The molecule has 5 heteroatoms. The minimum absolute atomic E-state index is 0.0582. The van der Waals surface area contributed by atoms with Gasteiger partial charge in [0.1, 0.15) is 0 Å². The van der Waals surface area contributed by atoms with E-state index in [4.69, 9.17) is 5.11 Å². The van der Waals surface area contributed by atoms with Crippen LogP contribution < -0.4 is 4.90 Å². The van der Waals surface area contributed by atoms with Gasteiger partial charge in [-0.15, -0.1) is 0 Å². The van der Waals surface area contributed by atoms with Crippen LogP contribution in [-0.4, -0.2) is 22.9 Å². The van der Waals surface area contributed by atoms with Crippen LogP contribution in [0.2, 0.25) is 0 Å². The zero-order valence-corrected chi connectivity index (χ0v) is 11.1. The van der Waals surface area contributed by atoms with Crippen molar-refractivity contribution < 1.29 is 19.5 Å². The maximum atomic E-state index is 12.3. The minimum atomic E-state index is -1.01. The van der Waals surface area contributed by atoms with Gasteiger partial charge in [0.25, 0.3) is 0 Å². The lowest BCUT2D eigenvalue weighted by molar-refractivity contribution is -0.133. The summed E-state index contributed by atoms with van der Waals surface area (Å²) in [6.45, 7) is 1.67. The largest absolute Gasteiger partial charge is 0.478 e. The molecule has 2 fully saturated rings. The van der Waals surface area contributed by atoms with Crippen LogP contribution in [0.3, 0.4) is 0 Å². The van der Waals surface area contributed by atoms with Crippen molar-refractivity contribution in [3.8, 4) is 0 Å². The Morgan fingerprint density at radius 3 is 2.30 bits per heavy atom. The summed E-state index contributed by atoms with van der Waals surface area (Å²) in [6.07, 6.45) is 2.22. The van der Waals surface area contributed by atoms with Crippen molar-refractivity contribution in [1.29, 1.82) is 0 Å². The van der Waals surface area contributed by atoms with Crippen molar-refractivity contribution in [2.24, 2.45) is 11.8 Å². The molecule has 2 amide bonds. The number of aryl methyl sites for hydroxylation is 1. The first kappa shape index (κ1) is 12.8. The molecular formula is C15H15NO4. The van der Waals surface area contributed by atoms with E-state index in [1.165, 1.54) is 17.0 Å². The number of aromatic carboxylic acids is 1. The van der Waals surface area contributed by atoms with Gasteiger partial charge < -0.3 is 5.11 Å². The topological polar surface area (TPSA) is 74.7 Å².